The summed E-state index contributed by atoms with van der Waals surface area (Å²) in [6.45, 7) is -3.07. The normalized spacial score (nSPS) is 17.2. The molecule has 14 heteroatoms. The molecule has 0 saturated heterocycles. The number of halogens is 7. The van der Waals surface area contributed by atoms with E-state index in [9.17, 15) is 26.5 Å². The van der Waals surface area contributed by atoms with Gasteiger partial charge in [0.2, 0.25) is 5.82 Å². The Morgan fingerprint density at radius 2 is 1.57 bits per heavy atom. The highest BCUT2D eigenvalue weighted by atomic mass is 35.5. The summed E-state index contributed by atoms with van der Waals surface area (Å²) in [5.74, 6) is -15.6. The van der Waals surface area contributed by atoms with E-state index in [0.29, 0.717) is 4.67 Å². The number of benzene rings is 1. The van der Waals surface area contributed by atoms with Crippen LogP contribution in [0.1, 0.15) is 17.5 Å². The maximum Gasteiger partial charge on any atom is 0.340 e. The van der Waals surface area contributed by atoms with Gasteiger partial charge in [-0.2, -0.15) is 0 Å². The molecule has 0 aliphatic carbocycles. The zero-order valence-corrected chi connectivity index (χ0v) is 16.3. The fraction of sp³-hybridized carbons (Fsp3) is 0.500. The summed E-state index contributed by atoms with van der Waals surface area (Å²) >= 11 is 10.8. The summed E-state index contributed by atoms with van der Waals surface area (Å²) < 4.78 is 113. The van der Waals surface area contributed by atoms with Crippen LogP contribution in [-0.4, -0.2) is 42.2 Å². The van der Waals surface area contributed by atoms with Crippen molar-refractivity contribution in [2.75, 3.05) is 31.4 Å². The maximum atomic E-state index is 13.5. The van der Waals surface area contributed by atoms with E-state index in [1.807, 2.05) is 0 Å². The Bertz CT molecular complexity index is 848. The van der Waals surface area contributed by atoms with Gasteiger partial charge in [0, 0.05) is 42.9 Å². The van der Waals surface area contributed by atoms with Crippen LogP contribution in [0.2, 0.25) is 0 Å². The zero-order chi connectivity index (χ0) is 24.9. The molecule has 0 radical (unpaired) electrons. The number of nitrogens with zero attached hydrogens (tertiary/aromatic N) is 2. The molecule has 0 spiro atoms. The zero-order valence-electron chi connectivity index (χ0n) is 17.9. The largest absolute Gasteiger partial charge is 0.391 e. The van der Waals surface area contributed by atoms with Gasteiger partial charge in [-0.15, -0.1) is 23.2 Å². The minimum atomic E-state index is -4.26. The molecule has 6 nitrogen and oxygen atoms in total. The molecule has 0 aliphatic heterocycles. The molecule has 0 aromatic heterocycles. The van der Waals surface area contributed by atoms with E-state index in [1.54, 1.807) is 0 Å². The van der Waals surface area contributed by atoms with E-state index in [1.165, 1.54) is 0 Å². The van der Waals surface area contributed by atoms with E-state index >= 15 is 0 Å². The molecule has 160 valence electrons. The fourth-order valence-corrected chi connectivity index (χ4v) is 3.21. The molecular formula is C14H17Cl2F5N3O3P. The topological polar surface area (TPSA) is 77.2 Å². The lowest BCUT2D eigenvalue weighted by atomic mass is 10.2. The molecule has 1 aromatic carbocycles. The molecule has 28 heavy (non-hydrogen) atoms. The second-order valence-electron chi connectivity index (χ2n) is 4.89. The van der Waals surface area contributed by atoms with E-state index in [4.69, 9.17) is 38.7 Å². The van der Waals surface area contributed by atoms with Gasteiger partial charge in [-0.3, -0.25) is 4.57 Å². The van der Waals surface area contributed by atoms with Gasteiger partial charge in [0.05, 0.1) is 12.2 Å². The highest BCUT2D eigenvalue weighted by Gasteiger charge is 2.27. The van der Waals surface area contributed by atoms with Gasteiger partial charge in [-0.05, 0) is 0 Å². The van der Waals surface area contributed by atoms with Gasteiger partial charge in [0.1, 0.15) is 6.61 Å². The van der Waals surface area contributed by atoms with Crippen LogP contribution in [-0.2, 0) is 20.5 Å². The highest BCUT2D eigenvalue weighted by Crippen LogP contribution is 2.42. The Labute approximate surface area is 173 Å². The maximum absolute atomic E-state index is 13.5. The van der Waals surface area contributed by atoms with Crippen molar-refractivity contribution in [2.45, 2.75) is 13.0 Å². The first-order valence-electron chi connectivity index (χ1n) is 9.27. The van der Waals surface area contributed by atoms with Crippen LogP contribution in [0.3, 0.4) is 0 Å². The Kier molecular flexibility index (Phi) is 8.08. The third kappa shape index (κ3) is 6.82. The summed E-state index contributed by atoms with van der Waals surface area (Å²) in [5, 5.41) is 3.23. The summed E-state index contributed by atoms with van der Waals surface area (Å²) in [6.07, 6.45) is 0.770. The quantitative estimate of drug-likeness (QED) is 0.0718. The van der Waals surface area contributed by atoms with Crippen molar-refractivity contribution < 1.29 is 41.4 Å². The molecule has 1 aromatic rings. The third-order valence-electron chi connectivity index (χ3n) is 3.06. The van der Waals surface area contributed by atoms with E-state index < -0.39 is 80.3 Å². The number of rotatable bonds is 12. The lowest BCUT2D eigenvalue weighted by Gasteiger charge is -2.26. The lowest BCUT2D eigenvalue weighted by molar-refractivity contribution is 0.123. The predicted molar refractivity (Wildman–Crippen MR) is 94.9 cm³/mol. The van der Waals surface area contributed by atoms with Gasteiger partial charge in [-0.25, -0.2) is 32.1 Å². The second kappa shape index (κ2) is 11.9. The molecule has 0 aliphatic rings. The van der Waals surface area contributed by atoms with Crippen LogP contribution in [0, 0.1) is 29.1 Å². The first kappa shape index (κ1) is 19.0. The van der Waals surface area contributed by atoms with Gasteiger partial charge in [-0.1, -0.05) is 5.16 Å². The van der Waals surface area contributed by atoms with Gasteiger partial charge in [0.15, 0.2) is 23.3 Å². The summed E-state index contributed by atoms with van der Waals surface area (Å²) in [7, 11) is -4.26. The Hall–Kier alpha value is -0.970. The van der Waals surface area contributed by atoms with E-state index in [2.05, 4.69) is 9.99 Å². The van der Waals surface area contributed by atoms with E-state index in [0.717, 1.165) is 6.21 Å². The lowest BCUT2D eigenvalue weighted by Crippen LogP contribution is -2.29. The van der Waals surface area contributed by atoms with Crippen LogP contribution < -0.4 is 5.50 Å². The predicted octanol–water partition coefficient (Wildman–Crippen LogP) is 4.14. The van der Waals surface area contributed by atoms with Gasteiger partial charge >= 0.3 is 7.67 Å². The monoisotopic (exact) mass is 475 g/mol. The van der Waals surface area contributed by atoms with Crippen molar-refractivity contribution in [1.82, 2.24) is 4.67 Å². The molecular weight excluding hydrogens is 455 g/mol. The number of oxime groups is 1. The molecule has 2 N–H and O–H groups in total. The average molecular weight is 476 g/mol. The molecule has 0 fully saturated rings. The van der Waals surface area contributed by atoms with Gasteiger partial charge < -0.3 is 9.36 Å². The van der Waals surface area contributed by atoms with Crippen molar-refractivity contribution in [3.05, 3.63) is 34.6 Å². The first-order chi connectivity index (χ1) is 14.5. The fourth-order valence-electron chi connectivity index (χ4n) is 1.69. The highest BCUT2D eigenvalue weighted by molar-refractivity contribution is 7.53. The molecule has 0 amide bonds. The summed E-state index contributed by atoms with van der Waals surface area (Å²) in [6, 6.07) is 0. The smallest absolute Gasteiger partial charge is 0.340 e. The van der Waals surface area contributed by atoms with E-state index in [-0.39, 0.29) is 6.42 Å². The molecule has 1 unspecified atom stereocenters. The molecule has 1 atom stereocenters. The Morgan fingerprint density at radius 3 is 2.07 bits per heavy atom. The van der Waals surface area contributed by atoms with Crippen LogP contribution in [0.4, 0.5) is 22.0 Å². The Morgan fingerprint density at radius 1 is 1.07 bits per heavy atom. The van der Waals surface area contributed by atoms with Crippen molar-refractivity contribution >= 4 is 37.1 Å². The third-order valence-corrected chi connectivity index (χ3v) is 4.92. The summed E-state index contributed by atoms with van der Waals surface area (Å²) in [5.41, 5.74) is 4.28. The molecule has 0 saturated carbocycles. The second-order valence-corrected chi connectivity index (χ2v) is 7.37. The number of hydrogen-bond donors (Lipinski definition) is 1. The number of nitrogens with two attached hydrogens (primary N) is 1. The molecule has 0 heterocycles. The van der Waals surface area contributed by atoms with Crippen molar-refractivity contribution in [3.8, 4) is 0 Å². The van der Waals surface area contributed by atoms with Crippen LogP contribution in [0.25, 0.3) is 0 Å². The van der Waals surface area contributed by atoms with Crippen molar-refractivity contribution in [2.24, 2.45) is 10.7 Å². The molecule has 1 rings (SSSR count). The average Bonchev–Trinajstić information content (AvgIpc) is 2.63. The summed E-state index contributed by atoms with van der Waals surface area (Å²) in [4.78, 5) is 4.48. The SMILES string of the molecule is [2H]C([2H])(Cl)CN(CC([2H])([2H])Cl)P(N)(=O)OCC/C=N/OCc1c(F)c(F)c(F)c(F)c1F. The van der Waals surface area contributed by atoms with Crippen LogP contribution in [0.15, 0.2) is 5.16 Å². The minimum absolute atomic E-state index is 0.173. The van der Waals surface area contributed by atoms with Crippen molar-refractivity contribution in [1.29, 1.82) is 0 Å². The van der Waals surface area contributed by atoms with Gasteiger partial charge in [0.25, 0.3) is 0 Å². The standard InChI is InChI=1S/C14H17Cl2F5N3O3P/c15-2-5-24(6-3-16)28(22,25)27-7-1-4-23-26-8-9-10(17)12(19)14(21)13(20)11(9)18/h4H,1-3,5-8H2,(H2,22,25)/b23-4+/i2D2,3D2. The molecule has 0 bridgehead atoms. The minimum Gasteiger partial charge on any atom is -0.391 e. The van der Waals surface area contributed by atoms with Crippen LogP contribution in [0.5, 0.6) is 0 Å². The van der Waals surface area contributed by atoms with Crippen LogP contribution >= 0.6 is 30.9 Å². The number of alkyl halides is 2. The first-order valence-corrected chi connectivity index (χ1v) is 9.67. The Balaban J connectivity index is 2.64. The van der Waals surface area contributed by atoms with Crippen molar-refractivity contribution in [3.63, 3.8) is 0 Å². The number of hydrogen-bond acceptors (Lipinski definition) is 4.